The number of primary amides is 1. The number of rotatable bonds is 8. The van der Waals surface area contributed by atoms with Gasteiger partial charge in [-0.15, -0.1) is 0 Å². The lowest BCUT2D eigenvalue weighted by atomic mass is 9.78. The van der Waals surface area contributed by atoms with Crippen LogP contribution in [0.15, 0.2) is 36.4 Å². The Morgan fingerprint density at radius 3 is 2.40 bits per heavy atom. The van der Waals surface area contributed by atoms with Crippen LogP contribution in [0.4, 0.5) is 4.39 Å². The van der Waals surface area contributed by atoms with Crippen LogP contribution in [-0.2, 0) is 36.7 Å². The number of nitrogens with two attached hydrogens (primary N) is 1. The van der Waals surface area contributed by atoms with Gasteiger partial charge in [0, 0.05) is 17.4 Å². The van der Waals surface area contributed by atoms with Crippen molar-refractivity contribution in [2.24, 2.45) is 5.73 Å². The zero-order valence-corrected chi connectivity index (χ0v) is 24.0. The first-order valence-electron chi connectivity index (χ1n) is 13.1. The summed E-state index contributed by atoms with van der Waals surface area (Å²) >= 11 is 5.79. The molecule has 3 heterocycles. The van der Waals surface area contributed by atoms with Gasteiger partial charge in [-0.25, -0.2) is 4.39 Å². The second-order valence-corrected chi connectivity index (χ2v) is 11.7. The van der Waals surface area contributed by atoms with Gasteiger partial charge in [-0.1, -0.05) is 23.7 Å². The van der Waals surface area contributed by atoms with E-state index in [0.29, 0.717) is 5.52 Å². The molecule has 218 valence electrons. The number of imide groups is 1. The maximum Gasteiger partial charge on any atom is 0.538 e. The molecule has 2 fully saturated rings. The monoisotopic (exact) mass is 596 g/mol. The van der Waals surface area contributed by atoms with E-state index in [2.05, 4.69) is 5.10 Å². The maximum atomic E-state index is 14.3. The number of amides is 3. The SMILES string of the molecule is CC1(C)OB(C(=O)c2ccc3c(c2)c(C(N)=O)nn3CC(=O)N2C(=O)C[C@H]2C(=O)Cc2cccc(Cl)c2F)OC1(C)C. The molecule has 0 unspecified atom stereocenters. The number of carbonyl (C=O) groups excluding carboxylic acids is 5. The smallest absolute Gasteiger partial charge is 0.397 e. The number of fused-ring (bicyclic) bond motifs is 1. The molecular formula is C28H27BClFN4O7. The van der Waals surface area contributed by atoms with Crippen molar-refractivity contribution < 1.29 is 37.7 Å². The average molecular weight is 597 g/mol. The Morgan fingerprint density at radius 2 is 1.79 bits per heavy atom. The number of Topliss-reactive ketones (excluding diaryl/α,β-unsaturated/α-hetero) is 1. The molecule has 2 aliphatic heterocycles. The molecular weight excluding hydrogens is 570 g/mol. The molecule has 2 N–H and O–H groups in total. The second kappa shape index (κ2) is 10.4. The number of hydrogen-bond acceptors (Lipinski definition) is 8. The number of likely N-dealkylation sites (tertiary alicyclic amines) is 1. The van der Waals surface area contributed by atoms with Crippen molar-refractivity contribution in [3.63, 3.8) is 0 Å². The Labute approximate surface area is 245 Å². The third-order valence-corrected chi connectivity index (χ3v) is 8.30. The summed E-state index contributed by atoms with van der Waals surface area (Å²) < 4.78 is 27.2. The standard InChI is InChI=1S/C28H27BClFN4O7/c1-27(2)28(3,4)42-29(41-27)25(39)15-8-9-18-16(10-15)24(26(32)40)33-34(18)13-22(38)35-19(12-21(35)37)20(36)11-14-6-5-7-17(30)23(14)31/h5-10,19H,11-13H2,1-4H3,(H2,32,40)/t19-/m0/s1. The van der Waals surface area contributed by atoms with Crippen LogP contribution in [0.2, 0.25) is 5.02 Å². The van der Waals surface area contributed by atoms with Gasteiger partial charge in [-0.3, -0.25) is 33.6 Å². The highest BCUT2D eigenvalue weighted by molar-refractivity contribution is 6.84. The van der Waals surface area contributed by atoms with Crippen LogP contribution in [0, 0.1) is 5.82 Å². The van der Waals surface area contributed by atoms with Crippen molar-refractivity contribution in [3.05, 3.63) is 64.1 Å². The van der Waals surface area contributed by atoms with E-state index in [1.165, 1.54) is 41.1 Å². The molecule has 0 saturated carbocycles. The zero-order valence-electron chi connectivity index (χ0n) is 23.3. The van der Waals surface area contributed by atoms with E-state index < -0.39 is 65.9 Å². The van der Waals surface area contributed by atoms with E-state index >= 15 is 0 Å². The fourth-order valence-electron chi connectivity index (χ4n) is 4.90. The molecule has 2 aliphatic rings. The minimum Gasteiger partial charge on any atom is -0.397 e. The molecule has 42 heavy (non-hydrogen) atoms. The van der Waals surface area contributed by atoms with E-state index in [4.69, 9.17) is 26.6 Å². The van der Waals surface area contributed by atoms with Crippen LogP contribution in [0.5, 0.6) is 0 Å². The highest BCUT2D eigenvalue weighted by Gasteiger charge is 2.54. The highest BCUT2D eigenvalue weighted by atomic mass is 35.5. The summed E-state index contributed by atoms with van der Waals surface area (Å²) in [5.74, 6) is -3.50. The van der Waals surface area contributed by atoms with Crippen molar-refractivity contribution >= 4 is 58.8 Å². The number of β-lactam (4-membered cyclic amide) rings is 1. The van der Waals surface area contributed by atoms with E-state index in [1.54, 1.807) is 0 Å². The number of aromatic nitrogens is 2. The van der Waals surface area contributed by atoms with Gasteiger partial charge in [-0.2, -0.15) is 5.10 Å². The topological polar surface area (TPSA) is 151 Å². The Balaban J connectivity index is 1.37. The first-order chi connectivity index (χ1) is 19.6. The van der Waals surface area contributed by atoms with E-state index in [1.807, 2.05) is 27.7 Å². The van der Waals surface area contributed by atoms with Crippen LogP contribution < -0.4 is 5.73 Å². The fraction of sp³-hybridized carbons (Fsp3) is 0.357. The molecule has 0 aliphatic carbocycles. The van der Waals surface area contributed by atoms with Gasteiger partial charge in [0.15, 0.2) is 17.2 Å². The predicted molar refractivity (Wildman–Crippen MR) is 149 cm³/mol. The number of hydrogen-bond donors (Lipinski definition) is 1. The average Bonchev–Trinajstić information content (AvgIpc) is 3.36. The number of benzene rings is 2. The fourth-order valence-corrected chi connectivity index (χ4v) is 5.10. The first kappa shape index (κ1) is 29.6. The summed E-state index contributed by atoms with van der Waals surface area (Å²) in [6, 6.07) is 7.54. The van der Waals surface area contributed by atoms with Crippen molar-refractivity contribution in [1.29, 1.82) is 0 Å². The summed E-state index contributed by atoms with van der Waals surface area (Å²) in [6.07, 6.45) is -0.562. The lowest BCUT2D eigenvalue weighted by molar-refractivity contribution is -0.162. The van der Waals surface area contributed by atoms with Gasteiger partial charge >= 0.3 is 7.12 Å². The number of carbonyl (C=O) groups is 5. The third-order valence-electron chi connectivity index (χ3n) is 8.01. The van der Waals surface area contributed by atoms with Gasteiger partial charge in [0.25, 0.3) is 11.8 Å². The predicted octanol–water partition coefficient (Wildman–Crippen LogP) is 2.68. The van der Waals surface area contributed by atoms with Crippen molar-refractivity contribution in [1.82, 2.24) is 14.7 Å². The van der Waals surface area contributed by atoms with Gasteiger partial charge in [0.05, 0.1) is 28.2 Å². The molecule has 2 aromatic carbocycles. The molecule has 11 nitrogen and oxygen atoms in total. The quantitative estimate of drug-likeness (QED) is 0.308. The lowest BCUT2D eigenvalue weighted by Crippen LogP contribution is -2.60. The van der Waals surface area contributed by atoms with Crippen molar-refractivity contribution in [2.45, 2.75) is 64.3 Å². The molecule has 2 saturated heterocycles. The molecule has 1 aromatic heterocycles. The number of nitrogens with zero attached hydrogens (tertiary/aromatic N) is 3. The normalized spacial score (nSPS) is 19.2. The van der Waals surface area contributed by atoms with Crippen molar-refractivity contribution in [3.8, 4) is 0 Å². The molecule has 0 spiro atoms. The summed E-state index contributed by atoms with van der Waals surface area (Å²) in [5, 5.41) is 4.22. The van der Waals surface area contributed by atoms with Crippen LogP contribution in [0.25, 0.3) is 10.9 Å². The Hall–Kier alpha value is -3.94. The Kier molecular flexibility index (Phi) is 7.32. The summed E-state index contributed by atoms with van der Waals surface area (Å²) in [5.41, 5.74) is 3.91. The lowest BCUT2D eigenvalue weighted by Gasteiger charge is -2.37. The Morgan fingerprint density at radius 1 is 1.12 bits per heavy atom. The van der Waals surface area contributed by atoms with Crippen LogP contribution >= 0.6 is 11.6 Å². The number of halogens is 2. The van der Waals surface area contributed by atoms with Gasteiger partial charge in [0.2, 0.25) is 5.91 Å². The summed E-state index contributed by atoms with van der Waals surface area (Å²) in [7, 11) is -1.17. The maximum absolute atomic E-state index is 14.3. The molecule has 14 heteroatoms. The molecule has 5 rings (SSSR count). The minimum atomic E-state index is -1.17. The second-order valence-electron chi connectivity index (χ2n) is 11.3. The molecule has 1 atom stereocenters. The zero-order chi connectivity index (χ0) is 30.7. The largest absolute Gasteiger partial charge is 0.538 e. The molecule has 0 bridgehead atoms. The van der Waals surface area contributed by atoms with E-state index in [-0.39, 0.29) is 40.1 Å². The number of ketones is 1. The summed E-state index contributed by atoms with van der Waals surface area (Å²) in [6.45, 7) is 6.74. The van der Waals surface area contributed by atoms with Crippen LogP contribution in [0.3, 0.4) is 0 Å². The Bertz CT molecular complexity index is 1670. The van der Waals surface area contributed by atoms with Crippen LogP contribution in [-0.4, -0.2) is 68.2 Å². The van der Waals surface area contributed by atoms with E-state index in [0.717, 1.165) is 4.90 Å². The molecule has 3 aromatic rings. The first-order valence-corrected chi connectivity index (χ1v) is 13.5. The van der Waals surface area contributed by atoms with Gasteiger partial charge < -0.3 is 15.0 Å². The highest BCUT2D eigenvalue weighted by Crippen LogP contribution is 2.37. The van der Waals surface area contributed by atoms with E-state index in [9.17, 15) is 28.4 Å². The van der Waals surface area contributed by atoms with Crippen molar-refractivity contribution in [2.75, 3.05) is 0 Å². The minimum absolute atomic E-state index is 0.0503. The van der Waals surface area contributed by atoms with Crippen LogP contribution in [0.1, 0.15) is 60.5 Å². The van der Waals surface area contributed by atoms with Gasteiger partial charge in [-0.05, 0) is 57.5 Å². The third kappa shape index (κ3) is 5.01. The molecule has 0 radical (unpaired) electrons. The molecule has 3 amide bonds. The summed E-state index contributed by atoms with van der Waals surface area (Å²) in [4.78, 5) is 64.7. The van der Waals surface area contributed by atoms with Gasteiger partial charge in [0.1, 0.15) is 18.4 Å².